The Balaban J connectivity index is 1.29. The second-order valence-corrected chi connectivity index (χ2v) is 13.5. The van der Waals surface area contributed by atoms with E-state index in [4.69, 9.17) is 27.9 Å². The molecule has 0 saturated carbocycles. The summed E-state index contributed by atoms with van der Waals surface area (Å²) in [5, 5.41) is 4.89. The molecule has 5 aromatic rings. The highest BCUT2D eigenvalue weighted by Gasteiger charge is 2.57. The number of ether oxygens (including phenoxy) is 1. The third-order valence-electron chi connectivity index (χ3n) is 8.06. The highest BCUT2D eigenvalue weighted by Crippen LogP contribution is 2.55. The predicted octanol–water partition coefficient (Wildman–Crippen LogP) is 6.81. The Hall–Kier alpha value is -4.09. The molecule has 2 aliphatic heterocycles. The van der Waals surface area contributed by atoms with Gasteiger partial charge in [-0.05, 0) is 47.3 Å². The summed E-state index contributed by atoms with van der Waals surface area (Å²) in [5.41, 5.74) is 1.57. The van der Waals surface area contributed by atoms with Gasteiger partial charge in [0.15, 0.2) is 0 Å². The van der Waals surface area contributed by atoms with Crippen LogP contribution in [0.4, 0.5) is 11.4 Å². The van der Waals surface area contributed by atoms with Crippen molar-refractivity contribution in [3.8, 4) is 5.75 Å². The summed E-state index contributed by atoms with van der Waals surface area (Å²) >= 11 is 15.2. The first-order valence-corrected chi connectivity index (χ1v) is 16.4. The average molecular weight is 677 g/mol. The Bertz CT molecular complexity index is 2070. The minimum atomic E-state index is -0.867. The molecule has 3 unspecified atom stereocenters. The van der Waals surface area contributed by atoms with Crippen LogP contribution in [0.15, 0.2) is 94.7 Å². The van der Waals surface area contributed by atoms with Crippen molar-refractivity contribution < 1.29 is 19.1 Å². The Morgan fingerprint density at radius 2 is 1.64 bits per heavy atom. The lowest BCUT2D eigenvalue weighted by Crippen LogP contribution is -2.33. The molecule has 0 aliphatic carbocycles. The first-order valence-electron chi connectivity index (χ1n) is 13.9. The molecule has 0 bridgehead atoms. The number of thiazole rings is 1. The van der Waals surface area contributed by atoms with Gasteiger partial charge in [0.05, 0.1) is 33.8 Å². The molecule has 226 valence electrons. The van der Waals surface area contributed by atoms with E-state index >= 15 is 0 Å². The van der Waals surface area contributed by atoms with Crippen LogP contribution in [-0.2, 0) is 20.9 Å². The molecule has 7 rings (SSSR count). The zero-order valence-electron chi connectivity index (χ0n) is 23.5. The van der Waals surface area contributed by atoms with Crippen molar-refractivity contribution >= 4 is 86.2 Å². The summed E-state index contributed by atoms with van der Waals surface area (Å²) in [4.78, 5) is 56.4. The Morgan fingerprint density at radius 1 is 0.911 bits per heavy atom. The van der Waals surface area contributed by atoms with Crippen molar-refractivity contribution in [2.45, 2.75) is 22.7 Å². The van der Waals surface area contributed by atoms with Gasteiger partial charge in [-0.15, -0.1) is 0 Å². The summed E-state index contributed by atoms with van der Waals surface area (Å²) in [7, 11) is 1.53. The number of methoxy groups -OCH3 is 1. The smallest absolute Gasteiger partial charge is 0.308 e. The SMILES string of the molecule is COc1ccc(N2C(=O)C3Sc4c(sc(=O)n4CC(=O)Nc4cccc5ccccc45)C(c4cccc(Cl)c4Cl)C3C2=O)cc1. The van der Waals surface area contributed by atoms with E-state index < -0.39 is 34.8 Å². The number of benzene rings is 4. The lowest BCUT2D eigenvalue weighted by molar-refractivity contribution is -0.122. The molecular formula is C33H23Cl2N3O5S2. The number of hydrogen-bond acceptors (Lipinski definition) is 7. The third-order valence-corrected chi connectivity index (χ3v) is 11.5. The number of imide groups is 1. The molecule has 0 radical (unpaired) electrons. The molecule has 3 atom stereocenters. The molecule has 45 heavy (non-hydrogen) atoms. The van der Waals surface area contributed by atoms with Crippen molar-refractivity contribution in [1.29, 1.82) is 0 Å². The molecule has 4 aromatic carbocycles. The molecule has 1 fully saturated rings. The van der Waals surface area contributed by atoms with Crippen molar-refractivity contribution in [1.82, 2.24) is 4.57 Å². The molecule has 0 spiro atoms. The number of carbonyl (C=O) groups is 3. The summed E-state index contributed by atoms with van der Waals surface area (Å²) in [5.74, 6) is -2.24. The molecule has 1 saturated heterocycles. The van der Waals surface area contributed by atoms with Gasteiger partial charge in [-0.3, -0.25) is 23.7 Å². The van der Waals surface area contributed by atoms with Gasteiger partial charge >= 0.3 is 4.87 Å². The fraction of sp³-hybridized carbons (Fsp3) is 0.152. The summed E-state index contributed by atoms with van der Waals surface area (Å²) < 4.78 is 6.62. The van der Waals surface area contributed by atoms with Gasteiger partial charge in [0.1, 0.15) is 17.5 Å². The van der Waals surface area contributed by atoms with Crippen molar-refractivity contribution in [3.63, 3.8) is 0 Å². The maximum atomic E-state index is 14.1. The number of aromatic nitrogens is 1. The largest absolute Gasteiger partial charge is 0.497 e. The van der Waals surface area contributed by atoms with Crippen LogP contribution >= 0.6 is 46.3 Å². The number of nitrogens with zero attached hydrogens (tertiary/aromatic N) is 2. The Morgan fingerprint density at radius 3 is 2.42 bits per heavy atom. The lowest BCUT2D eigenvalue weighted by Gasteiger charge is -2.31. The Kier molecular flexibility index (Phi) is 7.69. The lowest BCUT2D eigenvalue weighted by atomic mass is 9.83. The van der Waals surface area contributed by atoms with E-state index in [0.29, 0.717) is 32.6 Å². The van der Waals surface area contributed by atoms with E-state index in [9.17, 15) is 19.2 Å². The third kappa shape index (κ3) is 5.02. The van der Waals surface area contributed by atoms with E-state index in [2.05, 4.69) is 5.32 Å². The first-order chi connectivity index (χ1) is 21.8. The number of thioether (sulfide) groups is 1. The second kappa shape index (κ2) is 11.7. The van der Waals surface area contributed by atoms with Gasteiger partial charge in [-0.25, -0.2) is 4.90 Å². The topological polar surface area (TPSA) is 97.7 Å². The van der Waals surface area contributed by atoms with Gasteiger partial charge in [0, 0.05) is 21.9 Å². The highest BCUT2D eigenvalue weighted by atomic mass is 35.5. The average Bonchev–Trinajstić information content (AvgIpc) is 3.49. The van der Waals surface area contributed by atoms with Crippen LogP contribution in [0, 0.1) is 5.92 Å². The van der Waals surface area contributed by atoms with E-state index in [1.165, 1.54) is 16.6 Å². The molecular weight excluding hydrogens is 653 g/mol. The fourth-order valence-corrected chi connectivity index (χ4v) is 9.19. The molecule has 3 heterocycles. The number of halogens is 2. The van der Waals surface area contributed by atoms with E-state index in [1.54, 1.807) is 48.5 Å². The van der Waals surface area contributed by atoms with Crippen molar-refractivity contribution in [3.05, 3.63) is 115 Å². The maximum Gasteiger partial charge on any atom is 0.308 e. The maximum absolute atomic E-state index is 14.1. The Labute approximate surface area is 275 Å². The molecule has 1 aromatic heterocycles. The normalized spacial score (nSPS) is 19.0. The molecule has 12 heteroatoms. The van der Waals surface area contributed by atoms with Crippen LogP contribution in [0.3, 0.4) is 0 Å². The van der Waals surface area contributed by atoms with E-state index in [-0.39, 0.29) is 21.5 Å². The number of fused-ring (bicyclic) bond motifs is 3. The van der Waals surface area contributed by atoms with Gasteiger partial charge in [0.25, 0.3) is 0 Å². The van der Waals surface area contributed by atoms with Gasteiger partial charge in [-0.2, -0.15) is 0 Å². The quantitative estimate of drug-likeness (QED) is 0.199. The molecule has 3 amide bonds. The minimum Gasteiger partial charge on any atom is -0.497 e. The number of anilines is 2. The first kappa shape index (κ1) is 29.6. The van der Waals surface area contributed by atoms with E-state index in [0.717, 1.165) is 33.9 Å². The summed E-state index contributed by atoms with van der Waals surface area (Å²) in [6.45, 7) is -0.279. The predicted molar refractivity (Wildman–Crippen MR) is 178 cm³/mol. The number of nitrogens with one attached hydrogen (secondary N) is 1. The summed E-state index contributed by atoms with van der Waals surface area (Å²) in [6, 6.07) is 25.1. The fourth-order valence-electron chi connectivity index (χ4n) is 6.00. The van der Waals surface area contributed by atoms with Crippen LogP contribution in [0.2, 0.25) is 10.0 Å². The monoisotopic (exact) mass is 675 g/mol. The second-order valence-electron chi connectivity index (χ2n) is 10.6. The number of hydrogen-bond donors (Lipinski definition) is 1. The molecule has 2 aliphatic rings. The van der Waals surface area contributed by atoms with Crippen LogP contribution in [0.25, 0.3) is 10.8 Å². The zero-order valence-corrected chi connectivity index (χ0v) is 26.7. The molecule has 1 N–H and O–H groups in total. The minimum absolute atomic E-state index is 0.241. The number of amides is 3. The van der Waals surface area contributed by atoms with Crippen LogP contribution in [0.5, 0.6) is 5.75 Å². The zero-order chi connectivity index (χ0) is 31.4. The van der Waals surface area contributed by atoms with Gasteiger partial charge in [-0.1, -0.05) is 94.8 Å². The van der Waals surface area contributed by atoms with Crippen LogP contribution in [-0.4, -0.2) is 34.6 Å². The van der Waals surface area contributed by atoms with Crippen LogP contribution in [0.1, 0.15) is 16.4 Å². The van der Waals surface area contributed by atoms with Gasteiger partial charge in [0.2, 0.25) is 17.7 Å². The summed E-state index contributed by atoms with van der Waals surface area (Å²) in [6.07, 6.45) is 0. The highest BCUT2D eigenvalue weighted by molar-refractivity contribution is 8.00. The molecule has 8 nitrogen and oxygen atoms in total. The van der Waals surface area contributed by atoms with Crippen molar-refractivity contribution in [2.75, 3.05) is 17.3 Å². The van der Waals surface area contributed by atoms with Crippen LogP contribution < -0.4 is 19.8 Å². The van der Waals surface area contributed by atoms with E-state index in [1.807, 2.05) is 36.4 Å². The van der Waals surface area contributed by atoms with Gasteiger partial charge < -0.3 is 10.1 Å². The standard InChI is InChI=1S/C33H23Cl2N3O5S2/c1-43-19-14-12-18(13-15-19)38-30(40)26-25(21-9-5-10-22(34)27(21)35)29-32(44-28(26)31(38)41)37(33(42)45-29)16-24(39)36-23-11-4-7-17-6-2-3-8-20(17)23/h2-15,25-26,28H,16H2,1H3,(H,36,39). The number of rotatable bonds is 6. The van der Waals surface area contributed by atoms with Crippen molar-refractivity contribution in [2.24, 2.45) is 5.92 Å². The number of carbonyl (C=O) groups excluding carboxylic acids is 3.